The third kappa shape index (κ3) is 3.69. The van der Waals surface area contributed by atoms with Crippen molar-refractivity contribution >= 4 is 40.9 Å². The normalized spacial score (nSPS) is 17.8. The summed E-state index contributed by atoms with van der Waals surface area (Å²) in [5.41, 5.74) is 5.22. The molecule has 2 aromatic rings. The van der Waals surface area contributed by atoms with Crippen molar-refractivity contribution in [2.45, 2.75) is 58.3 Å². The van der Waals surface area contributed by atoms with Gasteiger partial charge in [0.15, 0.2) is 0 Å². The zero-order valence-electron chi connectivity index (χ0n) is 15.4. The van der Waals surface area contributed by atoms with Crippen molar-refractivity contribution in [3.8, 4) is 0 Å². The van der Waals surface area contributed by atoms with E-state index in [-0.39, 0.29) is 25.8 Å². The van der Waals surface area contributed by atoms with Gasteiger partial charge < -0.3 is 0 Å². The Hall–Kier alpha value is -1.15. The van der Waals surface area contributed by atoms with Gasteiger partial charge in [-0.25, -0.2) is 0 Å². The number of aryl methyl sites for hydroxylation is 1. The molecular formula is C21H24ClNOSe. The summed E-state index contributed by atoms with van der Waals surface area (Å²) in [4.78, 5) is 15.6. The fourth-order valence-electron chi connectivity index (χ4n) is 3.48. The molecule has 3 rings (SSSR count). The van der Waals surface area contributed by atoms with Crippen LogP contribution in [0.5, 0.6) is 0 Å². The van der Waals surface area contributed by atoms with E-state index in [1.54, 1.807) is 12.3 Å². The van der Waals surface area contributed by atoms with E-state index < -0.39 is 5.24 Å². The van der Waals surface area contributed by atoms with Crippen LogP contribution in [-0.4, -0.2) is 25.2 Å². The Morgan fingerprint density at radius 3 is 2.20 bits per heavy atom. The van der Waals surface area contributed by atoms with Gasteiger partial charge in [0.1, 0.15) is 0 Å². The van der Waals surface area contributed by atoms with E-state index in [2.05, 4.69) is 51.7 Å². The molecule has 0 aliphatic heterocycles. The quantitative estimate of drug-likeness (QED) is 0.559. The van der Waals surface area contributed by atoms with Crippen LogP contribution in [0.3, 0.4) is 0 Å². The summed E-state index contributed by atoms with van der Waals surface area (Å²) in [7, 11) is 0. The SMILES string of the molecule is Cc1cc2c(cc1[Se]c1ccc(C(=O)Cl)cn1)C(C)(C)CCC2(C)C. The van der Waals surface area contributed by atoms with Gasteiger partial charge in [0.25, 0.3) is 0 Å². The van der Waals surface area contributed by atoms with Gasteiger partial charge in [-0.2, -0.15) is 0 Å². The van der Waals surface area contributed by atoms with E-state index in [1.165, 1.54) is 34.0 Å². The molecule has 25 heavy (non-hydrogen) atoms. The molecule has 1 aliphatic rings. The van der Waals surface area contributed by atoms with Crippen molar-refractivity contribution in [2.24, 2.45) is 0 Å². The van der Waals surface area contributed by atoms with E-state index in [9.17, 15) is 4.79 Å². The van der Waals surface area contributed by atoms with Crippen LogP contribution in [-0.2, 0) is 10.8 Å². The van der Waals surface area contributed by atoms with Crippen molar-refractivity contribution in [1.29, 1.82) is 0 Å². The number of aromatic nitrogens is 1. The molecule has 1 aliphatic carbocycles. The fourth-order valence-corrected chi connectivity index (χ4v) is 5.41. The van der Waals surface area contributed by atoms with E-state index in [0.29, 0.717) is 5.56 Å². The molecule has 0 fully saturated rings. The van der Waals surface area contributed by atoms with E-state index in [0.717, 1.165) is 4.59 Å². The van der Waals surface area contributed by atoms with Crippen LogP contribution in [0.1, 0.15) is 67.6 Å². The number of rotatable bonds is 3. The van der Waals surface area contributed by atoms with Gasteiger partial charge in [0.2, 0.25) is 0 Å². The summed E-state index contributed by atoms with van der Waals surface area (Å²) in [6.07, 6.45) is 4.02. The third-order valence-electron chi connectivity index (χ3n) is 5.33. The number of fused-ring (bicyclic) bond motifs is 1. The number of hydrogen-bond acceptors (Lipinski definition) is 2. The van der Waals surface area contributed by atoms with Gasteiger partial charge >= 0.3 is 162 Å². The van der Waals surface area contributed by atoms with Crippen LogP contribution >= 0.6 is 11.6 Å². The number of benzene rings is 1. The van der Waals surface area contributed by atoms with Crippen LogP contribution in [0.4, 0.5) is 0 Å². The molecule has 0 atom stereocenters. The zero-order valence-corrected chi connectivity index (χ0v) is 17.9. The topological polar surface area (TPSA) is 30.0 Å². The second-order valence-corrected chi connectivity index (χ2v) is 10.8. The number of carbonyl (C=O) groups is 1. The minimum absolute atomic E-state index is 0.116. The first-order valence-electron chi connectivity index (χ1n) is 8.59. The maximum absolute atomic E-state index is 11.2. The molecule has 0 bridgehead atoms. The van der Waals surface area contributed by atoms with Crippen molar-refractivity contribution in [1.82, 2.24) is 4.98 Å². The summed E-state index contributed by atoms with van der Waals surface area (Å²) < 4.78 is 2.39. The van der Waals surface area contributed by atoms with Gasteiger partial charge in [0.05, 0.1) is 0 Å². The monoisotopic (exact) mass is 421 g/mol. The Balaban J connectivity index is 1.99. The molecule has 4 heteroatoms. The molecule has 0 amide bonds. The number of pyridine rings is 1. The molecule has 1 aromatic carbocycles. The fraction of sp³-hybridized carbons (Fsp3) is 0.429. The molecule has 132 valence electrons. The standard InChI is InChI=1S/C21H24ClNOSe/c1-13-10-15-16(21(4,5)9-8-20(15,2)3)11-17(13)25-18-7-6-14(12-23-18)19(22)24/h6-7,10-12H,8-9H2,1-5H3. The third-order valence-corrected chi connectivity index (χ3v) is 7.87. The van der Waals surface area contributed by atoms with Gasteiger partial charge in [-0.05, 0) is 0 Å². The zero-order chi connectivity index (χ0) is 18.4. The van der Waals surface area contributed by atoms with Gasteiger partial charge in [-0.3, -0.25) is 0 Å². The number of nitrogens with zero attached hydrogens (tertiary/aromatic N) is 1. The second kappa shape index (κ2) is 6.54. The molecule has 0 saturated heterocycles. The van der Waals surface area contributed by atoms with Crippen LogP contribution in [0, 0.1) is 6.92 Å². The van der Waals surface area contributed by atoms with E-state index >= 15 is 0 Å². The number of halogens is 1. The molecule has 0 radical (unpaired) electrons. The average molecular weight is 421 g/mol. The van der Waals surface area contributed by atoms with Crippen LogP contribution < -0.4 is 9.05 Å². The van der Waals surface area contributed by atoms with Crippen molar-refractivity contribution in [3.05, 3.63) is 52.7 Å². The van der Waals surface area contributed by atoms with Gasteiger partial charge in [-0.1, -0.05) is 0 Å². The van der Waals surface area contributed by atoms with Crippen molar-refractivity contribution in [2.75, 3.05) is 0 Å². The summed E-state index contributed by atoms with van der Waals surface area (Å²) in [5, 5.41) is -0.458. The average Bonchev–Trinajstić information content (AvgIpc) is 2.54. The first-order chi connectivity index (χ1) is 11.6. The molecule has 1 aromatic heterocycles. The summed E-state index contributed by atoms with van der Waals surface area (Å²) in [5.74, 6) is 0. The van der Waals surface area contributed by atoms with Crippen molar-refractivity contribution < 1.29 is 4.79 Å². The molecule has 0 unspecified atom stereocenters. The first kappa shape index (κ1) is 18.6. The maximum atomic E-state index is 11.2. The van der Waals surface area contributed by atoms with Crippen LogP contribution in [0.15, 0.2) is 30.5 Å². The summed E-state index contributed by atoms with van der Waals surface area (Å²) in [6.45, 7) is 11.6. The summed E-state index contributed by atoms with van der Waals surface area (Å²) >= 11 is 5.62. The summed E-state index contributed by atoms with van der Waals surface area (Å²) in [6, 6.07) is 8.49. The van der Waals surface area contributed by atoms with Crippen LogP contribution in [0.25, 0.3) is 0 Å². The van der Waals surface area contributed by atoms with E-state index in [4.69, 9.17) is 11.6 Å². The Kier molecular flexibility index (Phi) is 4.87. The molecule has 0 spiro atoms. The molecule has 0 saturated carbocycles. The minimum atomic E-state index is -0.458. The Bertz CT molecular complexity index is 825. The van der Waals surface area contributed by atoms with Crippen LogP contribution in [0.2, 0.25) is 0 Å². The molecule has 2 nitrogen and oxygen atoms in total. The number of carbonyl (C=O) groups excluding carboxylic acids is 1. The molecule has 0 N–H and O–H groups in total. The predicted octanol–water partition coefficient (Wildman–Crippen LogP) is 3.77. The number of hydrogen-bond donors (Lipinski definition) is 0. The van der Waals surface area contributed by atoms with Gasteiger partial charge in [-0.15, -0.1) is 0 Å². The Morgan fingerprint density at radius 2 is 1.68 bits per heavy atom. The molecular weight excluding hydrogens is 397 g/mol. The first-order valence-corrected chi connectivity index (χ1v) is 10.7. The Morgan fingerprint density at radius 1 is 1.08 bits per heavy atom. The van der Waals surface area contributed by atoms with Gasteiger partial charge in [0, 0.05) is 0 Å². The molecule has 1 heterocycles. The van der Waals surface area contributed by atoms with E-state index in [1.807, 2.05) is 6.07 Å². The second-order valence-electron chi connectivity index (χ2n) is 8.19. The predicted molar refractivity (Wildman–Crippen MR) is 106 cm³/mol. The Labute approximate surface area is 161 Å². The van der Waals surface area contributed by atoms with Crippen molar-refractivity contribution in [3.63, 3.8) is 0 Å².